The molecule has 0 aliphatic carbocycles. The molecule has 2 rings (SSSR count). The highest BCUT2D eigenvalue weighted by Crippen LogP contribution is 2.27. The van der Waals surface area contributed by atoms with E-state index in [0.717, 1.165) is 21.3 Å². The van der Waals surface area contributed by atoms with E-state index in [2.05, 4.69) is 0 Å². The lowest BCUT2D eigenvalue weighted by Crippen LogP contribution is -2.30. The zero-order valence-electron chi connectivity index (χ0n) is 7.57. The van der Waals surface area contributed by atoms with Crippen LogP contribution in [-0.4, -0.2) is 12.3 Å². The van der Waals surface area contributed by atoms with Gasteiger partial charge >= 0.3 is 5.15 Å². The van der Waals surface area contributed by atoms with Crippen LogP contribution in [0, 0.1) is 0 Å². The average Bonchev–Trinajstić information content (AvgIpc) is 2.23. The number of ether oxygens (including phenoxy) is 1. The van der Waals surface area contributed by atoms with Gasteiger partial charge in [-0.3, -0.25) is 5.21 Å². The van der Waals surface area contributed by atoms with Crippen molar-refractivity contribution in [2.45, 2.75) is 0 Å². The minimum Gasteiger partial charge on any atom is -0.496 e. The minimum atomic E-state index is 0.279. The summed E-state index contributed by atoms with van der Waals surface area (Å²) >= 11 is 5.91. The Morgan fingerprint density at radius 1 is 1.29 bits per heavy atom. The van der Waals surface area contributed by atoms with Crippen LogP contribution in [0.1, 0.15) is 0 Å². The van der Waals surface area contributed by atoms with Crippen LogP contribution in [0.2, 0.25) is 5.15 Å². The van der Waals surface area contributed by atoms with Gasteiger partial charge in [0.05, 0.1) is 12.5 Å². The molecule has 3 nitrogen and oxygen atoms in total. The number of benzene rings is 1. The molecular formula is C10H9ClNO2+. The summed E-state index contributed by atoms with van der Waals surface area (Å²) < 4.78 is 6.05. The molecule has 0 aliphatic rings. The first kappa shape index (κ1) is 9.09. The van der Waals surface area contributed by atoms with Gasteiger partial charge < -0.3 is 4.74 Å². The van der Waals surface area contributed by atoms with Crippen molar-refractivity contribution in [3.63, 3.8) is 0 Å². The molecule has 0 radical (unpaired) electrons. The quantitative estimate of drug-likeness (QED) is 0.444. The lowest BCUT2D eigenvalue weighted by Gasteiger charge is -2.03. The molecule has 2 aromatic rings. The Labute approximate surface area is 86.1 Å². The average molecular weight is 211 g/mol. The monoisotopic (exact) mass is 210 g/mol. The zero-order valence-corrected chi connectivity index (χ0v) is 8.32. The Morgan fingerprint density at radius 2 is 2.07 bits per heavy atom. The van der Waals surface area contributed by atoms with E-state index < -0.39 is 0 Å². The number of halogens is 1. The maximum absolute atomic E-state index is 9.32. The summed E-state index contributed by atoms with van der Waals surface area (Å²) in [5, 5.41) is 11.2. The van der Waals surface area contributed by atoms with Gasteiger partial charge in [0.25, 0.3) is 0 Å². The van der Waals surface area contributed by atoms with Gasteiger partial charge in [-0.25, -0.2) is 0 Å². The molecule has 72 valence electrons. The first-order valence-corrected chi connectivity index (χ1v) is 4.48. The molecule has 0 aliphatic heterocycles. The second-order valence-corrected chi connectivity index (χ2v) is 3.23. The van der Waals surface area contributed by atoms with Crippen molar-refractivity contribution in [2.75, 3.05) is 7.11 Å². The van der Waals surface area contributed by atoms with Crippen molar-refractivity contribution in [1.82, 2.24) is 0 Å². The van der Waals surface area contributed by atoms with E-state index in [1.807, 2.05) is 18.2 Å². The summed E-state index contributed by atoms with van der Waals surface area (Å²) in [5.41, 5.74) is 0. The number of rotatable bonds is 1. The summed E-state index contributed by atoms with van der Waals surface area (Å²) in [6.45, 7) is 0. The van der Waals surface area contributed by atoms with Crippen LogP contribution >= 0.6 is 11.6 Å². The van der Waals surface area contributed by atoms with Crippen molar-refractivity contribution in [3.8, 4) is 5.75 Å². The Hall–Kier alpha value is -1.48. The van der Waals surface area contributed by atoms with E-state index in [0.29, 0.717) is 0 Å². The smallest absolute Gasteiger partial charge is 0.332 e. The number of nitrogens with zero attached hydrogens (tertiary/aromatic N) is 1. The lowest BCUT2D eigenvalue weighted by atomic mass is 10.1. The Bertz CT molecular complexity index is 485. The van der Waals surface area contributed by atoms with Crippen molar-refractivity contribution < 1.29 is 14.7 Å². The number of aromatic nitrogens is 1. The normalized spacial score (nSPS) is 10.4. The summed E-state index contributed by atoms with van der Waals surface area (Å²) in [5.74, 6) is 0.741. The molecule has 0 saturated heterocycles. The maximum atomic E-state index is 9.32. The maximum Gasteiger partial charge on any atom is 0.332 e. The van der Waals surface area contributed by atoms with Crippen LogP contribution < -0.4 is 9.47 Å². The predicted molar refractivity (Wildman–Crippen MR) is 52.9 cm³/mol. The van der Waals surface area contributed by atoms with E-state index >= 15 is 0 Å². The first-order chi connectivity index (χ1) is 6.74. The molecule has 0 unspecified atom stereocenters. The third-order valence-electron chi connectivity index (χ3n) is 2.09. The number of hydrogen-bond acceptors (Lipinski definition) is 2. The van der Waals surface area contributed by atoms with Crippen LogP contribution in [-0.2, 0) is 0 Å². The molecule has 0 amide bonds. The molecule has 0 spiro atoms. The highest BCUT2D eigenvalue weighted by atomic mass is 35.5. The number of methoxy groups -OCH3 is 1. The molecule has 1 aromatic carbocycles. The number of pyridine rings is 1. The molecule has 0 atom stereocenters. The van der Waals surface area contributed by atoms with E-state index in [9.17, 15) is 5.21 Å². The van der Waals surface area contributed by atoms with Crippen LogP contribution in [0.4, 0.5) is 0 Å². The Morgan fingerprint density at radius 3 is 2.79 bits per heavy atom. The van der Waals surface area contributed by atoms with Crippen LogP contribution in [0.15, 0.2) is 30.5 Å². The van der Waals surface area contributed by atoms with Gasteiger partial charge in [-0.05, 0) is 23.7 Å². The molecule has 0 saturated carbocycles. The summed E-state index contributed by atoms with van der Waals surface area (Å²) in [4.78, 5) is 0. The van der Waals surface area contributed by atoms with E-state index in [4.69, 9.17) is 16.3 Å². The van der Waals surface area contributed by atoms with Crippen molar-refractivity contribution in [3.05, 3.63) is 35.6 Å². The van der Waals surface area contributed by atoms with E-state index in [-0.39, 0.29) is 5.15 Å². The highest BCUT2D eigenvalue weighted by molar-refractivity contribution is 6.33. The summed E-state index contributed by atoms with van der Waals surface area (Å²) in [6.07, 6.45) is 1.48. The standard InChI is InChI=1S/C10H9ClNO2/c1-14-9-4-2-3-8-7(9)5-6-12(13)10(8)11/h2-6,13H,1H3/q+1. The topological polar surface area (TPSA) is 33.3 Å². The van der Waals surface area contributed by atoms with Gasteiger partial charge in [-0.1, -0.05) is 6.07 Å². The molecule has 1 heterocycles. The van der Waals surface area contributed by atoms with Gasteiger partial charge in [0.1, 0.15) is 5.75 Å². The Kier molecular flexibility index (Phi) is 2.17. The molecule has 0 bridgehead atoms. The largest absolute Gasteiger partial charge is 0.496 e. The molecular weight excluding hydrogens is 202 g/mol. The second-order valence-electron chi connectivity index (χ2n) is 2.87. The molecule has 1 aromatic heterocycles. The second kappa shape index (κ2) is 3.35. The van der Waals surface area contributed by atoms with Crippen molar-refractivity contribution in [2.24, 2.45) is 0 Å². The van der Waals surface area contributed by atoms with Gasteiger partial charge in [-0.15, -0.1) is 0 Å². The SMILES string of the molecule is COc1cccc2c(Cl)[n+](O)ccc12. The van der Waals surface area contributed by atoms with Crippen molar-refractivity contribution in [1.29, 1.82) is 0 Å². The fraction of sp³-hybridized carbons (Fsp3) is 0.100. The predicted octanol–water partition coefficient (Wildman–Crippen LogP) is 2.03. The van der Waals surface area contributed by atoms with Gasteiger partial charge in [0.2, 0.25) is 6.20 Å². The van der Waals surface area contributed by atoms with E-state index in [1.165, 1.54) is 6.20 Å². The van der Waals surface area contributed by atoms with Crippen LogP contribution in [0.25, 0.3) is 10.8 Å². The number of fused-ring (bicyclic) bond motifs is 1. The molecule has 0 fully saturated rings. The van der Waals surface area contributed by atoms with Crippen LogP contribution in [0.3, 0.4) is 0 Å². The Balaban J connectivity index is 2.86. The number of hydrogen-bond donors (Lipinski definition) is 1. The third kappa shape index (κ3) is 1.26. The molecule has 1 N–H and O–H groups in total. The van der Waals surface area contributed by atoms with Gasteiger partial charge in [0, 0.05) is 16.2 Å². The van der Waals surface area contributed by atoms with Crippen molar-refractivity contribution >= 4 is 22.4 Å². The van der Waals surface area contributed by atoms with Crippen LogP contribution in [0.5, 0.6) is 5.75 Å². The summed E-state index contributed by atoms with van der Waals surface area (Å²) in [6, 6.07) is 7.25. The fourth-order valence-corrected chi connectivity index (χ4v) is 1.63. The van der Waals surface area contributed by atoms with Gasteiger partial charge in [-0.2, -0.15) is 0 Å². The van der Waals surface area contributed by atoms with E-state index in [1.54, 1.807) is 13.2 Å². The highest BCUT2D eigenvalue weighted by Gasteiger charge is 2.13. The zero-order chi connectivity index (χ0) is 10.1. The fourth-order valence-electron chi connectivity index (χ4n) is 1.41. The lowest BCUT2D eigenvalue weighted by molar-refractivity contribution is -0.902. The third-order valence-corrected chi connectivity index (χ3v) is 2.47. The van der Waals surface area contributed by atoms with Gasteiger partial charge in [0.15, 0.2) is 0 Å². The first-order valence-electron chi connectivity index (χ1n) is 4.10. The minimum absolute atomic E-state index is 0.279. The summed E-state index contributed by atoms with van der Waals surface area (Å²) in [7, 11) is 1.60. The molecule has 4 heteroatoms. The molecule has 14 heavy (non-hydrogen) atoms.